The van der Waals surface area contributed by atoms with E-state index in [0.717, 1.165) is 29.0 Å². The largest absolute Gasteiger partial charge is 0.497 e. The molecule has 4 rings (SSSR count). The molecule has 7 nitrogen and oxygen atoms in total. The van der Waals surface area contributed by atoms with E-state index in [2.05, 4.69) is 10.3 Å². The van der Waals surface area contributed by atoms with E-state index in [1.54, 1.807) is 13.2 Å². The Bertz CT molecular complexity index is 985. The van der Waals surface area contributed by atoms with E-state index in [4.69, 9.17) is 10.5 Å². The first-order valence-corrected chi connectivity index (χ1v) is 11.5. The molecule has 0 radical (unpaired) electrons. The number of anilines is 1. The maximum absolute atomic E-state index is 12.8. The van der Waals surface area contributed by atoms with Crippen molar-refractivity contribution in [2.45, 2.75) is 58.0 Å². The normalized spacial score (nSPS) is 16.0. The summed E-state index contributed by atoms with van der Waals surface area (Å²) in [5.74, 6) is 1.60. The standard InChI is InChI=1S/C25H32N4O3/c1-32-20-8-4-7-18(13-20)15-27-25(31)21-14-19-16-29(12-11-22(19)28-24(21)26)23(30)10-9-17-5-2-3-6-17/h4,7-8,13-14,17H,2-3,5-6,9-12,15-16H2,1H3,(H2,26,28)(H,27,31). The lowest BCUT2D eigenvalue weighted by atomic mass is 9.99. The van der Waals surface area contributed by atoms with E-state index in [0.29, 0.717) is 44.0 Å². The van der Waals surface area contributed by atoms with E-state index in [1.165, 1.54) is 25.7 Å². The molecule has 170 valence electrons. The van der Waals surface area contributed by atoms with Crippen LogP contribution in [-0.4, -0.2) is 35.4 Å². The molecule has 32 heavy (non-hydrogen) atoms. The molecule has 1 saturated carbocycles. The Labute approximate surface area is 189 Å². The van der Waals surface area contributed by atoms with Crippen LogP contribution in [0.4, 0.5) is 5.82 Å². The number of nitrogen functional groups attached to an aromatic ring is 1. The first-order chi connectivity index (χ1) is 15.5. The Hall–Kier alpha value is -3.09. The van der Waals surface area contributed by atoms with Crippen LogP contribution in [0.25, 0.3) is 0 Å². The molecule has 1 aliphatic heterocycles. The number of benzene rings is 1. The number of nitrogens with zero attached hydrogens (tertiary/aromatic N) is 2. The molecule has 2 aromatic rings. The molecule has 0 unspecified atom stereocenters. The zero-order valence-corrected chi connectivity index (χ0v) is 18.7. The topological polar surface area (TPSA) is 97.5 Å². The maximum Gasteiger partial charge on any atom is 0.255 e. The van der Waals surface area contributed by atoms with E-state index < -0.39 is 0 Å². The number of aromatic nitrogens is 1. The van der Waals surface area contributed by atoms with Crippen LogP contribution >= 0.6 is 0 Å². The first-order valence-electron chi connectivity index (χ1n) is 11.5. The Morgan fingerprint density at radius 3 is 2.84 bits per heavy atom. The van der Waals surface area contributed by atoms with E-state index in [-0.39, 0.29) is 17.6 Å². The van der Waals surface area contributed by atoms with Gasteiger partial charge >= 0.3 is 0 Å². The van der Waals surface area contributed by atoms with Crippen molar-refractivity contribution in [2.75, 3.05) is 19.4 Å². The maximum atomic E-state index is 12.8. The second kappa shape index (κ2) is 10.0. The van der Waals surface area contributed by atoms with Crippen molar-refractivity contribution in [3.63, 3.8) is 0 Å². The smallest absolute Gasteiger partial charge is 0.255 e. The quantitative estimate of drug-likeness (QED) is 0.693. The van der Waals surface area contributed by atoms with Crippen molar-refractivity contribution in [1.29, 1.82) is 0 Å². The van der Waals surface area contributed by atoms with Gasteiger partial charge in [0.1, 0.15) is 11.6 Å². The van der Waals surface area contributed by atoms with E-state index >= 15 is 0 Å². The van der Waals surface area contributed by atoms with Gasteiger partial charge in [-0.05, 0) is 41.7 Å². The van der Waals surface area contributed by atoms with Gasteiger partial charge in [-0.1, -0.05) is 37.8 Å². The highest BCUT2D eigenvalue weighted by atomic mass is 16.5. The number of carbonyl (C=O) groups excluding carboxylic acids is 2. The zero-order valence-electron chi connectivity index (χ0n) is 18.7. The predicted molar refractivity (Wildman–Crippen MR) is 123 cm³/mol. The second-order valence-electron chi connectivity index (χ2n) is 8.82. The van der Waals surface area contributed by atoms with Gasteiger partial charge in [0.2, 0.25) is 5.91 Å². The van der Waals surface area contributed by atoms with E-state index in [9.17, 15) is 9.59 Å². The van der Waals surface area contributed by atoms with Crippen LogP contribution in [0.3, 0.4) is 0 Å². The van der Waals surface area contributed by atoms with Crippen molar-refractivity contribution in [3.05, 3.63) is 52.7 Å². The third-order valence-electron chi connectivity index (χ3n) is 6.63. The molecule has 3 N–H and O–H groups in total. The van der Waals surface area contributed by atoms with Crippen molar-refractivity contribution < 1.29 is 14.3 Å². The number of nitrogens with two attached hydrogens (primary N) is 1. The molecular formula is C25H32N4O3. The van der Waals surface area contributed by atoms with Crippen LogP contribution in [0, 0.1) is 5.92 Å². The number of pyridine rings is 1. The number of hydrogen-bond acceptors (Lipinski definition) is 5. The summed E-state index contributed by atoms with van der Waals surface area (Å²) >= 11 is 0. The van der Waals surface area contributed by atoms with Crippen LogP contribution in [0.5, 0.6) is 5.75 Å². The lowest BCUT2D eigenvalue weighted by Crippen LogP contribution is -2.37. The minimum atomic E-state index is -0.273. The van der Waals surface area contributed by atoms with Crippen LogP contribution in [0.2, 0.25) is 0 Å². The first kappa shape index (κ1) is 22.1. The van der Waals surface area contributed by atoms with Crippen LogP contribution < -0.4 is 15.8 Å². The molecule has 0 spiro atoms. The molecule has 1 aliphatic carbocycles. The molecule has 2 aliphatic rings. The minimum absolute atomic E-state index is 0.198. The number of rotatable bonds is 7. The van der Waals surface area contributed by atoms with Gasteiger partial charge in [-0.2, -0.15) is 0 Å². The molecule has 7 heteroatoms. The molecule has 0 atom stereocenters. The monoisotopic (exact) mass is 436 g/mol. The van der Waals surface area contributed by atoms with Gasteiger partial charge in [0.25, 0.3) is 5.91 Å². The van der Waals surface area contributed by atoms with E-state index in [1.807, 2.05) is 29.2 Å². The van der Waals surface area contributed by atoms with Gasteiger partial charge in [-0.3, -0.25) is 9.59 Å². The number of ether oxygens (including phenoxy) is 1. The summed E-state index contributed by atoms with van der Waals surface area (Å²) < 4.78 is 5.23. The molecule has 0 bridgehead atoms. The Morgan fingerprint density at radius 2 is 2.06 bits per heavy atom. The fourth-order valence-corrected chi connectivity index (χ4v) is 4.73. The number of carbonyl (C=O) groups is 2. The molecule has 1 aromatic heterocycles. The summed E-state index contributed by atoms with van der Waals surface area (Å²) in [5.41, 5.74) is 9.17. The Kier molecular flexibility index (Phi) is 6.93. The van der Waals surface area contributed by atoms with Gasteiger partial charge in [0.05, 0.1) is 12.7 Å². The molecular weight excluding hydrogens is 404 g/mol. The Balaban J connectivity index is 1.39. The van der Waals surface area contributed by atoms with Gasteiger partial charge in [0, 0.05) is 38.2 Å². The highest BCUT2D eigenvalue weighted by Crippen LogP contribution is 2.29. The summed E-state index contributed by atoms with van der Waals surface area (Å²) in [4.78, 5) is 31.9. The summed E-state index contributed by atoms with van der Waals surface area (Å²) in [5, 5.41) is 2.90. The lowest BCUT2D eigenvalue weighted by Gasteiger charge is -2.29. The van der Waals surface area contributed by atoms with Crippen molar-refractivity contribution in [2.24, 2.45) is 5.92 Å². The highest BCUT2D eigenvalue weighted by molar-refractivity contribution is 5.98. The third kappa shape index (κ3) is 5.21. The molecule has 2 heterocycles. The second-order valence-corrected chi connectivity index (χ2v) is 8.82. The summed E-state index contributed by atoms with van der Waals surface area (Å²) in [6.07, 6.45) is 7.37. The fraction of sp³-hybridized carbons (Fsp3) is 0.480. The predicted octanol–water partition coefficient (Wildman–Crippen LogP) is 3.46. The highest BCUT2D eigenvalue weighted by Gasteiger charge is 2.25. The summed E-state index contributed by atoms with van der Waals surface area (Å²) in [6, 6.07) is 9.34. The van der Waals surface area contributed by atoms with Gasteiger partial charge in [-0.15, -0.1) is 0 Å². The van der Waals surface area contributed by atoms with Crippen molar-refractivity contribution in [3.8, 4) is 5.75 Å². The average Bonchev–Trinajstić information content (AvgIpc) is 3.34. The molecule has 0 saturated heterocycles. The summed E-state index contributed by atoms with van der Waals surface area (Å²) in [7, 11) is 1.61. The van der Waals surface area contributed by atoms with Gasteiger partial charge < -0.3 is 20.7 Å². The fourth-order valence-electron chi connectivity index (χ4n) is 4.73. The number of hydrogen-bond donors (Lipinski definition) is 2. The number of methoxy groups -OCH3 is 1. The molecule has 2 amide bonds. The lowest BCUT2D eigenvalue weighted by molar-refractivity contribution is -0.132. The van der Waals surface area contributed by atoms with Crippen LogP contribution in [0.15, 0.2) is 30.3 Å². The number of amides is 2. The Morgan fingerprint density at radius 1 is 1.25 bits per heavy atom. The molecule has 1 fully saturated rings. The zero-order chi connectivity index (χ0) is 22.5. The van der Waals surface area contributed by atoms with Gasteiger partial charge in [-0.25, -0.2) is 4.98 Å². The summed E-state index contributed by atoms with van der Waals surface area (Å²) in [6.45, 7) is 1.50. The van der Waals surface area contributed by atoms with Crippen LogP contribution in [0.1, 0.15) is 65.7 Å². The number of nitrogens with one attached hydrogen (secondary N) is 1. The van der Waals surface area contributed by atoms with Crippen LogP contribution in [-0.2, 0) is 24.3 Å². The SMILES string of the molecule is COc1cccc(CNC(=O)c2cc3c(nc2N)CCN(C(=O)CCC2CCCC2)C3)c1. The van der Waals surface area contributed by atoms with Gasteiger partial charge in [0.15, 0.2) is 0 Å². The molecule has 1 aromatic carbocycles. The minimum Gasteiger partial charge on any atom is -0.497 e. The van der Waals surface area contributed by atoms with Crippen molar-refractivity contribution in [1.82, 2.24) is 15.2 Å². The third-order valence-corrected chi connectivity index (χ3v) is 6.63. The average molecular weight is 437 g/mol. The van der Waals surface area contributed by atoms with Crippen molar-refractivity contribution >= 4 is 17.6 Å². The number of fused-ring (bicyclic) bond motifs is 1.